The lowest BCUT2D eigenvalue weighted by Gasteiger charge is -2.22. The Bertz CT molecular complexity index is 1020. The number of carbonyl (C=O) groups is 3. The van der Waals surface area contributed by atoms with Gasteiger partial charge in [-0.05, 0) is 30.7 Å². The molecule has 0 radical (unpaired) electrons. The number of amides is 3. The average molecular weight is 353 g/mol. The Morgan fingerprint density at radius 1 is 1.23 bits per heavy atom. The van der Waals surface area contributed by atoms with Crippen molar-refractivity contribution in [1.29, 1.82) is 0 Å². The first-order valence-electron chi connectivity index (χ1n) is 8.05. The highest BCUT2D eigenvalue weighted by molar-refractivity contribution is 6.09. The third-order valence-corrected chi connectivity index (χ3v) is 4.40. The minimum Gasteiger partial charge on any atom is -0.494 e. The van der Waals surface area contributed by atoms with Crippen molar-refractivity contribution in [1.82, 2.24) is 9.88 Å². The zero-order valence-electron chi connectivity index (χ0n) is 13.6. The number of anilines is 1. The molecule has 1 aromatic carbocycles. The molecule has 8 heteroatoms. The van der Waals surface area contributed by atoms with E-state index in [0.29, 0.717) is 22.9 Å². The maximum absolute atomic E-state index is 12.2. The summed E-state index contributed by atoms with van der Waals surface area (Å²) in [6.07, 6.45) is 3.50. The molecule has 1 saturated heterocycles. The SMILES string of the molecule is O=C1CCC(n2cc3c(NC(=O)c4ccco4)cccc3c2O)C(=O)N1. The third-order valence-electron chi connectivity index (χ3n) is 4.40. The first kappa shape index (κ1) is 15.9. The lowest BCUT2D eigenvalue weighted by atomic mass is 10.1. The molecule has 3 heterocycles. The molecule has 0 spiro atoms. The number of benzene rings is 1. The van der Waals surface area contributed by atoms with Crippen molar-refractivity contribution in [2.75, 3.05) is 5.32 Å². The first-order valence-corrected chi connectivity index (χ1v) is 8.05. The minimum atomic E-state index is -0.686. The van der Waals surface area contributed by atoms with Gasteiger partial charge in [-0.15, -0.1) is 0 Å². The molecular weight excluding hydrogens is 338 g/mol. The van der Waals surface area contributed by atoms with Crippen molar-refractivity contribution in [3.05, 3.63) is 48.6 Å². The summed E-state index contributed by atoms with van der Waals surface area (Å²) < 4.78 is 6.50. The number of aromatic hydroxyl groups is 1. The van der Waals surface area contributed by atoms with Gasteiger partial charge in [0.2, 0.25) is 11.8 Å². The highest BCUT2D eigenvalue weighted by atomic mass is 16.3. The number of piperidine rings is 1. The van der Waals surface area contributed by atoms with Gasteiger partial charge in [0.1, 0.15) is 6.04 Å². The van der Waals surface area contributed by atoms with Gasteiger partial charge in [0.05, 0.1) is 12.0 Å². The van der Waals surface area contributed by atoms with Gasteiger partial charge in [0, 0.05) is 23.4 Å². The van der Waals surface area contributed by atoms with Crippen LogP contribution in [-0.4, -0.2) is 27.4 Å². The molecule has 3 amide bonds. The van der Waals surface area contributed by atoms with E-state index in [0.717, 1.165) is 0 Å². The number of carbonyl (C=O) groups excluding carboxylic acids is 3. The molecule has 8 nitrogen and oxygen atoms in total. The summed E-state index contributed by atoms with van der Waals surface area (Å²) in [4.78, 5) is 35.7. The number of hydrogen-bond acceptors (Lipinski definition) is 5. The van der Waals surface area contributed by atoms with Crippen molar-refractivity contribution in [2.24, 2.45) is 0 Å². The predicted octanol–water partition coefficient (Wildman–Crippen LogP) is 2.17. The number of rotatable bonds is 3. The van der Waals surface area contributed by atoms with Crippen LogP contribution in [0.25, 0.3) is 10.8 Å². The average Bonchev–Trinajstić information content (AvgIpc) is 3.25. The number of aromatic nitrogens is 1. The van der Waals surface area contributed by atoms with Crippen LogP contribution < -0.4 is 10.6 Å². The van der Waals surface area contributed by atoms with Gasteiger partial charge in [-0.25, -0.2) is 0 Å². The summed E-state index contributed by atoms with van der Waals surface area (Å²) in [7, 11) is 0. The minimum absolute atomic E-state index is 0.0939. The fourth-order valence-electron chi connectivity index (χ4n) is 3.12. The Morgan fingerprint density at radius 2 is 2.08 bits per heavy atom. The van der Waals surface area contributed by atoms with Crippen molar-refractivity contribution < 1.29 is 23.9 Å². The van der Waals surface area contributed by atoms with Gasteiger partial charge in [-0.3, -0.25) is 19.7 Å². The van der Waals surface area contributed by atoms with Gasteiger partial charge in [0.15, 0.2) is 11.6 Å². The van der Waals surface area contributed by atoms with E-state index in [4.69, 9.17) is 4.42 Å². The van der Waals surface area contributed by atoms with Gasteiger partial charge in [-0.2, -0.15) is 0 Å². The topological polar surface area (TPSA) is 114 Å². The summed E-state index contributed by atoms with van der Waals surface area (Å²) in [5.74, 6) is -1.14. The molecule has 1 atom stereocenters. The Morgan fingerprint density at radius 3 is 2.81 bits per heavy atom. The molecule has 1 unspecified atom stereocenters. The molecule has 26 heavy (non-hydrogen) atoms. The molecular formula is C18H15N3O5. The van der Waals surface area contributed by atoms with Crippen LogP contribution in [0.1, 0.15) is 29.4 Å². The number of nitrogens with one attached hydrogen (secondary N) is 2. The number of nitrogens with zero attached hydrogens (tertiary/aromatic N) is 1. The Labute approximate surface area is 147 Å². The second kappa shape index (κ2) is 6.07. The van der Waals surface area contributed by atoms with Crippen LogP contribution in [0.2, 0.25) is 0 Å². The molecule has 0 bridgehead atoms. The van der Waals surface area contributed by atoms with Crippen molar-refractivity contribution >= 4 is 34.2 Å². The van der Waals surface area contributed by atoms with E-state index in [1.165, 1.54) is 10.8 Å². The largest absolute Gasteiger partial charge is 0.494 e. The number of imide groups is 1. The second-order valence-electron chi connectivity index (χ2n) is 6.03. The lowest BCUT2D eigenvalue weighted by Crippen LogP contribution is -2.41. The van der Waals surface area contributed by atoms with Gasteiger partial charge in [0.25, 0.3) is 5.91 Å². The smallest absolute Gasteiger partial charge is 0.291 e. The van der Waals surface area contributed by atoms with E-state index in [1.807, 2.05) is 0 Å². The van der Waals surface area contributed by atoms with Crippen molar-refractivity contribution in [3.8, 4) is 5.88 Å². The van der Waals surface area contributed by atoms with E-state index in [-0.39, 0.29) is 24.0 Å². The van der Waals surface area contributed by atoms with E-state index in [9.17, 15) is 19.5 Å². The summed E-state index contributed by atoms with van der Waals surface area (Å²) >= 11 is 0. The third kappa shape index (κ3) is 2.61. The van der Waals surface area contributed by atoms with Gasteiger partial charge >= 0.3 is 0 Å². The Hall–Kier alpha value is -3.55. The molecule has 132 valence electrons. The number of furan rings is 1. The first-order chi connectivity index (χ1) is 12.5. The Kier molecular flexibility index (Phi) is 3.72. The molecule has 1 aliphatic rings. The molecule has 0 saturated carbocycles. The summed E-state index contributed by atoms with van der Waals surface area (Å²) in [5.41, 5.74) is 0.477. The van der Waals surface area contributed by atoms with Gasteiger partial charge < -0.3 is 19.4 Å². The number of fused-ring (bicyclic) bond motifs is 1. The lowest BCUT2D eigenvalue weighted by molar-refractivity contribution is -0.135. The second-order valence-corrected chi connectivity index (χ2v) is 6.03. The van der Waals surface area contributed by atoms with E-state index < -0.39 is 17.9 Å². The Balaban J connectivity index is 1.72. The fraction of sp³-hybridized carbons (Fsp3) is 0.167. The zero-order chi connectivity index (χ0) is 18.3. The summed E-state index contributed by atoms with van der Waals surface area (Å²) in [6.45, 7) is 0. The molecule has 3 N–H and O–H groups in total. The normalized spacial score (nSPS) is 17.3. The zero-order valence-corrected chi connectivity index (χ0v) is 13.6. The summed E-state index contributed by atoms with van der Waals surface area (Å²) in [5, 5.41) is 16.6. The molecule has 4 rings (SSSR count). The van der Waals surface area contributed by atoms with Crippen molar-refractivity contribution in [3.63, 3.8) is 0 Å². The molecule has 2 aromatic heterocycles. The van der Waals surface area contributed by atoms with E-state index in [1.54, 1.807) is 36.5 Å². The van der Waals surface area contributed by atoms with Gasteiger partial charge in [-0.1, -0.05) is 6.07 Å². The summed E-state index contributed by atoms with van der Waals surface area (Å²) in [6, 6.07) is 7.54. The molecule has 3 aromatic rings. The molecule has 1 fully saturated rings. The fourth-order valence-corrected chi connectivity index (χ4v) is 3.12. The number of hydrogen-bond donors (Lipinski definition) is 3. The predicted molar refractivity (Wildman–Crippen MR) is 91.7 cm³/mol. The van der Waals surface area contributed by atoms with Crippen LogP contribution >= 0.6 is 0 Å². The maximum Gasteiger partial charge on any atom is 0.291 e. The highest BCUT2D eigenvalue weighted by Gasteiger charge is 2.30. The highest BCUT2D eigenvalue weighted by Crippen LogP contribution is 2.36. The monoisotopic (exact) mass is 353 g/mol. The maximum atomic E-state index is 12.2. The molecule has 1 aliphatic heterocycles. The quantitative estimate of drug-likeness (QED) is 0.625. The van der Waals surface area contributed by atoms with Crippen LogP contribution in [-0.2, 0) is 9.59 Å². The van der Waals surface area contributed by atoms with E-state index in [2.05, 4.69) is 10.6 Å². The van der Waals surface area contributed by atoms with Crippen LogP contribution in [0, 0.1) is 0 Å². The van der Waals surface area contributed by atoms with Crippen LogP contribution in [0.4, 0.5) is 5.69 Å². The van der Waals surface area contributed by atoms with Crippen LogP contribution in [0.5, 0.6) is 5.88 Å². The molecule has 0 aliphatic carbocycles. The van der Waals surface area contributed by atoms with Crippen LogP contribution in [0.3, 0.4) is 0 Å². The van der Waals surface area contributed by atoms with E-state index >= 15 is 0 Å². The standard InChI is InChI=1S/C18H15N3O5/c22-15-7-6-13(16(23)20-15)21-9-11-10(18(21)25)3-1-4-12(11)19-17(24)14-5-2-8-26-14/h1-5,8-9,13,25H,6-7H2,(H,19,24)(H,20,22,23). The van der Waals surface area contributed by atoms with Crippen molar-refractivity contribution in [2.45, 2.75) is 18.9 Å². The van der Waals surface area contributed by atoms with Crippen LogP contribution in [0.15, 0.2) is 47.2 Å².